The van der Waals surface area contributed by atoms with Crippen LogP contribution in [0, 0.1) is 0 Å². The van der Waals surface area contributed by atoms with E-state index in [-0.39, 0.29) is 62.2 Å². The molecule has 0 fully saturated rings. The monoisotopic (exact) mass is 609 g/mol. The van der Waals surface area contributed by atoms with Crippen LogP contribution in [-0.2, 0) is 16.5 Å². The van der Waals surface area contributed by atoms with Gasteiger partial charge in [-0.3, -0.25) is 9.35 Å². The second-order valence-electron chi connectivity index (χ2n) is 8.27. The first-order chi connectivity index (χ1) is 18.5. The normalized spacial score (nSPS) is 11.4. The Bertz CT molecular complexity index is 1730. The predicted molar refractivity (Wildman–Crippen MR) is 149 cm³/mol. The Hall–Kier alpha value is -2.70. The number of benzene rings is 4. The third-order valence-corrected chi connectivity index (χ3v) is 7.43. The number of nitrogens with one attached hydrogen (secondary N) is 1. The van der Waals surface area contributed by atoms with Crippen molar-refractivity contribution in [3.05, 3.63) is 81.8 Å². The summed E-state index contributed by atoms with van der Waals surface area (Å²) < 4.78 is 38.5. The number of amides is 1. The number of fused-ring (bicyclic) bond motifs is 1. The van der Waals surface area contributed by atoms with Gasteiger partial charge in [0.2, 0.25) is 0 Å². The number of carbonyl (C=O) groups is 1. The van der Waals surface area contributed by atoms with Gasteiger partial charge >= 0.3 is 29.6 Å². The molecule has 4 aromatic carbocycles. The van der Waals surface area contributed by atoms with Crippen LogP contribution in [-0.4, -0.2) is 25.5 Å². The van der Waals surface area contributed by atoms with E-state index in [0.29, 0.717) is 35.1 Å². The minimum Gasteiger partial charge on any atom is -0.870 e. The number of halogens is 2. The molecular formula is C27H22Cl2N3NaO6S. The predicted octanol–water partition coefficient (Wildman–Crippen LogP) is 4.10. The zero-order chi connectivity index (χ0) is 28.3. The second-order valence-corrected chi connectivity index (χ2v) is 10.4. The second kappa shape index (κ2) is 13.3. The Labute approximate surface area is 263 Å². The summed E-state index contributed by atoms with van der Waals surface area (Å²) in [6, 6.07) is 15.4. The van der Waals surface area contributed by atoms with Gasteiger partial charge in [-0.1, -0.05) is 66.2 Å². The van der Waals surface area contributed by atoms with Crippen molar-refractivity contribution >= 4 is 67.1 Å². The van der Waals surface area contributed by atoms with Gasteiger partial charge in [0.15, 0.2) is 0 Å². The van der Waals surface area contributed by atoms with Crippen LogP contribution in [0.5, 0.6) is 11.5 Å². The van der Waals surface area contributed by atoms with Gasteiger partial charge in [-0.25, -0.2) is 0 Å². The van der Waals surface area contributed by atoms with Crippen LogP contribution >= 0.6 is 23.2 Å². The quantitative estimate of drug-likeness (QED) is 0.175. The molecule has 0 aliphatic heterocycles. The Morgan fingerprint density at radius 1 is 1.02 bits per heavy atom. The molecule has 0 saturated heterocycles. The molecule has 2 N–H and O–H groups in total. The largest absolute Gasteiger partial charge is 1.00 e. The van der Waals surface area contributed by atoms with Crippen molar-refractivity contribution < 1.29 is 57.2 Å². The van der Waals surface area contributed by atoms with Gasteiger partial charge < -0.3 is 15.2 Å². The maximum absolute atomic E-state index is 13.5. The molecule has 13 heteroatoms. The minimum absolute atomic E-state index is 0. The molecule has 4 aromatic rings. The van der Waals surface area contributed by atoms with E-state index in [2.05, 4.69) is 15.5 Å². The third-order valence-electron chi connectivity index (χ3n) is 5.77. The van der Waals surface area contributed by atoms with Crippen LogP contribution in [0.1, 0.15) is 29.8 Å². The zero-order valence-corrected chi connectivity index (χ0v) is 26.1. The van der Waals surface area contributed by atoms with E-state index in [1.807, 2.05) is 0 Å². The number of anilines is 1. The number of hydrogen-bond acceptors (Lipinski definition) is 7. The van der Waals surface area contributed by atoms with Crippen molar-refractivity contribution in [2.45, 2.75) is 25.2 Å². The molecule has 0 radical (unpaired) electrons. The number of rotatable bonds is 8. The fourth-order valence-corrected chi connectivity index (χ4v) is 4.92. The first-order valence-corrected chi connectivity index (χ1v) is 13.9. The average molecular weight is 610 g/mol. The number of nitrogens with zero attached hydrogens (tertiary/aromatic N) is 2. The Morgan fingerprint density at radius 3 is 2.42 bits per heavy atom. The van der Waals surface area contributed by atoms with Crippen LogP contribution in [0.15, 0.2) is 75.8 Å². The standard InChI is InChI=1S/C27H23Cl2N3O6S.Na/c1-3-15-12-17(39(35,36)37)14-21(23(15)28)31-32-25-18-9-6-5-8-16(18)13-19(26(25)33)27(34)30-20-10-7-11-22(24(20)29)38-4-2;/h5-14,33H,3-4H2,1-2H3,(H,30,34)(H,35,36,37);/q;+1/p-1. The fraction of sp³-hybridized carbons (Fsp3) is 0.148. The minimum atomic E-state index is -4.55. The number of carbonyl (C=O) groups excluding carboxylic acids is 1. The van der Waals surface area contributed by atoms with Gasteiger partial charge in [0, 0.05) is 10.9 Å². The van der Waals surface area contributed by atoms with Gasteiger partial charge in [0.25, 0.3) is 16.0 Å². The average Bonchev–Trinajstić information content (AvgIpc) is 2.90. The smallest absolute Gasteiger partial charge is 0.870 e. The molecule has 0 atom stereocenters. The molecular weight excluding hydrogens is 588 g/mol. The molecule has 0 aromatic heterocycles. The van der Waals surface area contributed by atoms with Gasteiger partial charge in [-0.2, -0.15) is 13.5 Å². The van der Waals surface area contributed by atoms with Gasteiger partial charge in [0.05, 0.1) is 27.9 Å². The van der Waals surface area contributed by atoms with E-state index in [1.165, 1.54) is 12.1 Å². The molecule has 0 unspecified atom stereocenters. The van der Waals surface area contributed by atoms with E-state index < -0.39 is 26.7 Å². The van der Waals surface area contributed by atoms with Crippen molar-refractivity contribution in [2.24, 2.45) is 10.2 Å². The van der Waals surface area contributed by atoms with Crippen molar-refractivity contribution in [3.8, 4) is 11.5 Å². The first-order valence-electron chi connectivity index (χ1n) is 11.7. The molecule has 9 nitrogen and oxygen atoms in total. The van der Waals surface area contributed by atoms with Crippen LogP contribution < -0.4 is 44.7 Å². The summed E-state index contributed by atoms with van der Waals surface area (Å²) >= 11 is 12.7. The summed E-state index contributed by atoms with van der Waals surface area (Å²) in [5.74, 6) is -1.06. The number of hydrogen-bond donors (Lipinski definition) is 2. The topological polar surface area (TPSA) is 140 Å². The van der Waals surface area contributed by atoms with Crippen molar-refractivity contribution in [2.75, 3.05) is 11.9 Å². The maximum atomic E-state index is 13.5. The van der Waals surface area contributed by atoms with E-state index >= 15 is 0 Å². The molecule has 0 bridgehead atoms. The van der Waals surface area contributed by atoms with Crippen LogP contribution in [0.3, 0.4) is 0 Å². The summed E-state index contributed by atoms with van der Waals surface area (Å²) in [6.07, 6.45) is 0.350. The van der Waals surface area contributed by atoms with Crippen molar-refractivity contribution in [3.63, 3.8) is 0 Å². The molecule has 4 rings (SSSR count). The molecule has 0 aliphatic rings. The van der Waals surface area contributed by atoms with Crippen LogP contribution in [0.25, 0.3) is 10.8 Å². The molecule has 202 valence electrons. The molecule has 0 spiro atoms. The van der Waals surface area contributed by atoms with E-state index in [4.69, 9.17) is 27.9 Å². The Kier molecular flexibility index (Phi) is 10.6. The van der Waals surface area contributed by atoms with Gasteiger partial charge in [0.1, 0.15) is 16.5 Å². The summed E-state index contributed by atoms with van der Waals surface area (Å²) in [5, 5.41) is 25.5. The SMILES string of the molecule is CCOc1cccc(NC(=O)c2cc3ccccc3c(N=Nc3cc(S(=O)(=O)O)cc(CC)c3Cl)c2[O-])c1Cl.[Na+]. The van der Waals surface area contributed by atoms with Crippen molar-refractivity contribution in [1.29, 1.82) is 0 Å². The zero-order valence-electron chi connectivity index (χ0n) is 21.7. The van der Waals surface area contributed by atoms with E-state index in [9.17, 15) is 22.9 Å². The van der Waals surface area contributed by atoms with Crippen LogP contribution in [0.4, 0.5) is 17.1 Å². The van der Waals surface area contributed by atoms with Crippen LogP contribution in [0.2, 0.25) is 10.0 Å². The summed E-state index contributed by atoms with van der Waals surface area (Å²) in [4.78, 5) is 12.8. The van der Waals surface area contributed by atoms with Gasteiger partial charge in [-0.05, 0) is 54.6 Å². The Morgan fingerprint density at radius 2 is 1.75 bits per heavy atom. The summed E-state index contributed by atoms with van der Waals surface area (Å²) in [6.45, 7) is 3.92. The molecule has 0 saturated carbocycles. The summed E-state index contributed by atoms with van der Waals surface area (Å²) in [5.41, 5.74) is 0.226. The van der Waals surface area contributed by atoms with E-state index in [1.54, 1.807) is 56.3 Å². The third kappa shape index (κ3) is 6.77. The molecule has 1 amide bonds. The molecule has 0 heterocycles. The number of aryl methyl sites for hydroxylation is 1. The van der Waals surface area contributed by atoms with Gasteiger partial charge in [-0.15, -0.1) is 5.11 Å². The molecule has 0 aliphatic carbocycles. The maximum Gasteiger partial charge on any atom is 1.00 e. The number of azo groups is 1. The Balaban J connectivity index is 0.00000441. The summed E-state index contributed by atoms with van der Waals surface area (Å²) in [7, 11) is -4.55. The number of ether oxygens (including phenoxy) is 1. The van der Waals surface area contributed by atoms with E-state index in [0.717, 1.165) is 6.07 Å². The first kappa shape index (κ1) is 31.8. The van der Waals surface area contributed by atoms with Crippen molar-refractivity contribution in [1.82, 2.24) is 0 Å². The fourth-order valence-electron chi connectivity index (χ4n) is 3.86. The molecule has 40 heavy (non-hydrogen) atoms.